The molecule has 1 N–H and O–H groups in total. The minimum Gasteiger partial charge on any atom is -0.480 e. The summed E-state index contributed by atoms with van der Waals surface area (Å²) in [6, 6.07) is 6.08. The van der Waals surface area contributed by atoms with Crippen molar-refractivity contribution in [3.63, 3.8) is 0 Å². The number of carbonyl (C=O) groups is 1. The van der Waals surface area contributed by atoms with Crippen LogP contribution in [0.15, 0.2) is 29.2 Å². The largest absolute Gasteiger partial charge is 0.480 e. The van der Waals surface area contributed by atoms with Crippen molar-refractivity contribution in [3.05, 3.63) is 29.8 Å². The Kier molecular flexibility index (Phi) is 5.16. The molecular weight excluding hydrogens is 303 g/mol. The molecule has 7 heteroatoms. The summed E-state index contributed by atoms with van der Waals surface area (Å²) >= 11 is -0.148. The SMILES string of the molecule is O=C(O)CN(Cc1ccc(SC(F)(F)F)cc1)CC1CC1. The van der Waals surface area contributed by atoms with Gasteiger partial charge in [0.1, 0.15) is 0 Å². The molecule has 0 saturated heterocycles. The first kappa shape index (κ1) is 16.2. The number of nitrogens with zero attached hydrogens (tertiary/aromatic N) is 1. The van der Waals surface area contributed by atoms with Crippen LogP contribution >= 0.6 is 11.8 Å². The summed E-state index contributed by atoms with van der Waals surface area (Å²) in [7, 11) is 0. The maximum Gasteiger partial charge on any atom is 0.446 e. The highest BCUT2D eigenvalue weighted by molar-refractivity contribution is 8.00. The fraction of sp³-hybridized carbons (Fsp3) is 0.500. The maximum atomic E-state index is 12.2. The third-order valence-corrected chi connectivity index (χ3v) is 3.87. The Morgan fingerprint density at radius 1 is 1.29 bits per heavy atom. The number of benzene rings is 1. The summed E-state index contributed by atoms with van der Waals surface area (Å²) in [6.07, 6.45) is 2.24. The number of halogens is 3. The second-order valence-electron chi connectivity index (χ2n) is 5.20. The zero-order chi connectivity index (χ0) is 15.5. The van der Waals surface area contributed by atoms with Crippen LogP contribution < -0.4 is 0 Å². The second kappa shape index (κ2) is 6.70. The Morgan fingerprint density at radius 2 is 1.90 bits per heavy atom. The van der Waals surface area contributed by atoms with Crippen LogP contribution in [0.25, 0.3) is 0 Å². The number of alkyl halides is 3. The topological polar surface area (TPSA) is 40.5 Å². The molecule has 1 aliphatic carbocycles. The van der Waals surface area contributed by atoms with Crippen molar-refractivity contribution in [2.75, 3.05) is 13.1 Å². The van der Waals surface area contributed by atoms with Crippen LogP contribution in [0.5, 0.6) is 0 Å². The van der Waals surface area contributed by atoms with Crippen molar-refractivity contribution in [1.82, 2.24) is 4.90 Å². The first-order chi connectivity index (χ1) is 9.82. The number of hydrogen-bond donors (Lipinski definition) is 1. The van der Waals surface area contributed by atoms with Gasteiger partial charge in [-0.3, -0.25) is 9.69 Å². The maximum absolute atomic E-state index is 12.2. The van der Waals surface area contributed by atoms with E-state index in [4.69, 9.17) is 5.11 Å². The monoisotopic (exact) mass is 319 g/mol. The standard InChI is InChI=1S/C14H16F3NO2S/c15-14(16,17)21-12-5-3-11(4-6-12)8-18(9-13(19)20)7-10-1-2-10/h3-6,10H,1-2,7-9H2,(H,19,20). The third-order valence-electron chi connectivity index (χ3n) is 3.14. The van der Waals surface area contributed by atoms with Gasteiger partial charge in [0.25, 0.3) is 0 Å². The highest BCUT2D eigenvalue weighted by Gasteiger charge is 2.29. The Hall–Kier alpha value is -1.21. The third kappa shape index (κ3) is 6.39. The summed E-state index contributed by atoms with van der Waals surface area (Å²) in [5, 5.41) is 8.90. The Morgan fingerprint density at radius 3 is 2.38 bits per heavy atom. The van der Waals surface area contributed by atoms with Gasteiger partial charge < -0.3 is 5.11 Å². The minimum atomic E-state index is -4.29. The van der Waals surface area contributed by atoms with E-state index in [1.54, 1.807) is 12.1 Å². The van der Waals surface area contributed by atoms with Crippen LogP contribution in [0.1, 0.15) is 18.4 Å². The molecule has 21 heavy (non-hydrogen) atoms. The number of rotatable bonds is 7. The van der Waals surface area contributed by atoms with Gasteiger partial charge in [-0.2, -0.15) is 13.2 Å². The fourth-order valence-corrected chi connectivity index (χ4v) is 2.64. The zero-order valence-electron chi connectivity index (χ0n) is 11.3. The van der Waals surface area contributed by atoms with Gasteiger partial charge in [0.2, 0.25) is 0 Å². The van der Waals surface area contributed by atoms with Gasteiger partial charge in [0.15, 0.2) is 0 Å². The van der Waals surface area contributed by atoms with Crippen molar-refractivity contribution in [2.45, 2.75) is 29.8 Å². The molecule has 0 bridgehead atoms. The zero-order valence-corrected chi connectivity index (χ0v) is 12.1. The van der Waals surface area contributed by atoms with E-state index in [9.17, 15) is 18.0 Å². The van der Waals surface area contributed by atoms with E-state index < -0.39 is 11.5 Å². The molecule has 1 aromatic carbocycles. The quantitative estimate of drug-likeness (QED) is 0.780. The molecule has 0 radical (unpaired) electrons. The van der Waals surface area contributed by atoms with Crippen LogP contribution in [0.4, 0.5) is 13.2 Å². The molecule has 1 fully saturated rings. The van der Waals surface area contributed by atoms with E-state index in [0.717, 1.165) is 24.9 Å². The lowest BCUT2D eigenvalue weighted by molar-refractivity contribution is -0.138. The molecule has 0 aliphatic heterocycles. The summed E-state index contributed by atoms with van der Waals surface area (Å²) in [5.74, 6) is -0.329. The fourth-order valence-electron chi connectivity index (χ4n) is 2.10. The minimum absolute atomic E-state index is 0.0461. The average molecular weight is 319 g/mol. The molecule has 0 unspecified atom stereocenters. The lowest BCUT2D eigenvalue weighted by Crippen LogP contribution is -2.31. The number of hydrogen-bond acceptors (Lipinski definition) is 3. The molecule has 116 valence electrons. The highest BCUT2D eigenvalue weighted by atomic mass is 32.2. The molecule has 0 spiro atoms. The van der Waals surface area contributed by atoms with E-state index >= 15 is 0 Å². The average Bonchev–Trinajstić information content (AvgIpc) is 3.13. The lowest BCUT2D eigenvalue weighted by atomic mass is 10.2. The van der Waals surface area contributed by atoms with Gasteiger partial charge >= 0.3 is 11.5 Å². The number of aliphatic carboxylic acids is 1. The Labute approximate surface area is 125 Å². The molecule has 0 heterocycles. The first-order valence-corrected chi connectivity index (χ1v) is 7.42. The van der Waals surface area contributed by atoms with Crippen LogP contribution in [0.3, 0.4) is 0 Å². The summed E-state index contributed by atoms with van der Waals surface area (Å²) in [6.45, 7) is 1.13. The highest BCUT2D eigenvalue weighted by Crippen LogP contribution is 2.36. The smallest absolute Gasteiger partial charge is 0.446 e. The number of thioether (sulfide) groups is 1. The van der Waals surface area contributed by atoms with Crippen molar-refractivity contribution in [2.24, 2.45) is 5.92 Å². The van der Waals surface area contributed by atoms with Gasteiger partial charge in [0, 0.05) is 18.0 Å². The Bertz CT molecular complexity index is 486. The molecular formula is C14H16F3NO2S. The van der Waals surface area contributed by atoms with Crippen LogP contribution in [0, 0.1) is 5.92 Å². The second-order valence-corrected chi connectivity index (χ2v) is 6.34. The van der Waals surface area contributed by atoms with Crippen molar-refractivity contribution < 1.29 is 23.1 Å². The molecule has 0 aromatic heterocycles. The number of carboxylic acid groups (broad SMARTS) is 1. The molecule has 1 aliphatic rings. The van der Waals surface area contributed by atoms with Gasteiger partial charge in [-0.05, 0) is 48.2 Å². The van der Waals surface area contributed by atoms with E-state index in [0.29, 0.717) is 12.5 Å². The van der Waals surface area contributed by atoms with Crippen LogP contribution in [-0.2, 0) is 11.3 Å². The predicted molar refractivity (Wildman–Crippen MR) is 74.0 cm³/mol. The predicted octanol–water partition coefficient (Wildman–Crippen LogP) is 3.60. The van der Waals surface area contributed by atoms with E-state index in [2.05, 4.69) is 0 Å². The number of carboxylic acids is 1. The molecule has 1 aromatic rings. The van der Waals surface area contributed by atoms with E-state index in [-0.39, 0.29) is 23.2 Å². The summed E-state index contributed by atoms with van der Waals surface area (Å²) < 4.78 is 36.7. The van der Waals surface area contributed by atoms with Crippen LogP contribution in [0.2, 0.25) is 0 Å². The normalized spacial score (nSPS) is 15.4. The molecule has 0 amide bonds. The van der Waals surface area contributed by atoms with Gasteiger partial charge in [-0.1, -0.05) is 12.1 Å². The van der Waals surface area contributed by atoms with Crippen molar-refractivity contribution >= 4 is 17.7 Å². The van der Waals surface area contributed by atoms with Crippen molar-refractivity contribution in [1.29, 1.82) is 0 Å². The van der Waals surface area contributed by atoms with Gasteiger partial charge in [0.05, 0.1) is 6.54 Å². The molecule has 1 saturated carbocycles. The summed E-state index contributed by atoms with van der Waals surface area (Å²) in [4.78, 5) is 12.8. The first-order valence-electron chi connectivity index (χ1n) is 6.60. The van der Waals surface area contributed by atoms with E-state index in [1.165, 1.54) is 12.1 Å². The molecule has 3 nitrogen and oxygen atoms in total. The van der Waals surface area contributed by atoms with Crippen LogP contribution in [-0.4, -0.2) is 34.6 Å². The summed E-state index contributed by atoms with van der Waals surface area (Å²) in [5.41, 5.74) is -3.47. The van der Waals surface area contributed by atoms with E-state index in [1.807, 2.05) is 4.90 Å². The van der Waals surface area contributed by atoms with Gasteiger partial charge in [-0.25, -0.2) is 0 Å². The van der Waals surface area contributed by atoms with Gasteiger partial charge in [-0.15, -0.1) is 0 Å². The molecule has 0 atom stereocenters. The Balaban J connectivity index is 1.94. The molecule has 2 rings (SSSR count). The van der Waals surface area contributed by atoms with Crippen molar-refractivity contribution in [3.8, 4) is 0 Å². The lowest BCUT2D eigenvalue weighted by Gasteiger charge is -2.20.